The van der Waals surface area contributed by atoms with E-state index in [1.807, 2.05) is 93.6 Å². The summed E-state index contributed by atoms with van der Waals surface area (Å²) >= 11 is 0. The number of amides is 2. The molecule has 4 rings (SSSR count). The standard InChI is InChI=1S/C32H33FN2O3/c1-32(2,3)34-31(37)28(20-23-10-5-4-6-11-23)35(21-24-16-18-26(33)19-17-24)30(36)22-38-29-15-9-13-25-12-7-8-14-27(25)29/h4-19,28H,20-22H2,1-3H3,(H,34,37). The summed E-state index contributed by atoms with van der Waals surface area (Å²) in [5, 5.41) is 4.94. The van der Waals surface area contributed by atoms with E-state index in [1.165, 1.54) is 17.0 Å². The lowest BCUT2D eigenvalue weighted by Gasteiger charge is -2.33. The van der Waals surface area contributed by atoms with Crippen molar-refractivity contribution in [3.63, 3.8) is 0 Å². The molecule has 0 heterocycles. The van der Waals surface area contributed by atoms with Gasteiger partial charge < -0.3 is 15.0 Å². The van der Waals surface area contributed by atoms with Gasteiger partial charge in [0.2, 0.25) is 5.91 Å². The van der Waals surface area contributed by atoms with Gasteiger partial charge in [0.1, 0.15) is 17.6 Å². The highest BCUT2D eigenvalue weighted by Gasteiger charge is 2.32. The molecule has 0 radical (unpaired) electrons. The van der Waals surface area contributed by atoms with Gasteiger partial charge in [-0.25, -0.2) is 4.39 Å². The molecule has 0 aromatic heterocycles. The van der Waals surface area contributed by atoms with Crippen LogP contribution in [0.2, 0.25) is 0 Å². The number of nitrogens with zero attached hydrogens (tertiary/aromatic N) is 1. The number of fused-ring (bicyclic) bond motifs is 1. The Kier molecular flexibility index (Phi) is 8.41. The van der Waals surface area contributed by atoms with Crippen molar-refractivity contribution in [2.75, 3.05) is 6.61 Å². The number of ether oxygens (including phenoxy) is 1. The molecule has 0 fully saturated rings. The first-order valence-corrected chi connectivity index (χ1v) is 12.7. The van der Waals surface area contributed by atoms with Gasteiger partial charge in [0.15, 0.2) is 6.61 Å². The number of rotatable bonds is 9. The van der Waals surface area contributed by atoms with Gasteiger partial charge in [-0.3, -0.25) is 9.59 Å². The Bertz CT molecular complexity index is 1380. The third-order valence-corrected chi connectivity index (χ3v) is 6.14. The van der Waals surface area contributed by atoms with E-state index < -0.39 is 11.6 Å². The van der Waals surface area contributed by atoms with Gasteiger partial charge in [-0.15, -0.1) is 0 Å². The molecule has 38 heavy (non-hydrogen) atoms. The average molecular weight is 513 g/mol. The smallest absolute Gasteiger partial charge is 0.261 e. The second-order valence-corrected chi connectivity index (χ2v) is 10.4. The van der Waals surface area contributed by atoms with Crippen LogP contribution in [0.3, 0.4) is 0 Å². The first-order valence-electron chi connectivity index (χ1n) is 12.7. The second kappa shape index (κ2) is 11.9. The molecular formula is C32H33FN2O3. The van der Waals surface area contributed by atoms with E-state index in [4.69, 9.17) is 4.74 Å². The average Bonchev–Trinajstić information content (AvgIpc) is 2.90. The molecule has 5 nitrogen and oxygen atoms in total. The molecule has 4 aromatic carbocycles. The van der Waals surface area contributed by atoms with Gasteiger partial charge in [0.25, 0.3) is 5.91 Å². The van der Waals surface area contributed by atoms with Crippen LogP contribution in [0, 0.1) is 5.82 Å². The van der Waals surface area contributed by atoms with Gasteiger partial charge in [0.05, 0.1) is 0 Å². The highest BCUT2D eigenvalue weighted by molar-refractivity contribution is 5.90. The van der Waals surface area contributed by atoms with E-state index >= 15 is 0 Å². The molecule has 0 aliphatic heterocycles. The molecule has 0 aliphatic carbocycles. The fraction of sp³-hybridized carbons (Fsp3) is 0.250. The van der Waals surface area contributed by atoms with Crippen LogP contribution >= 0.6 is 0 Å². The maximum atomic E-state index is 13.8. The highest BCUT2D eigenvalue weighted by Crippen LogP contribution is 2.25. The summed E-state index contributed by atoms with van der Waals surface area (Å²) in [6.45, 7) is 5.59. The molecule has 0 saturated carbocycles. The number of carbonyl (C=O) groups excluding carboxylic acids is 2. The van der Waals surface area contributed by atoms with Crippen molar-refractivity contribution in [2.24, 2.45) is 0 Å². The minimum atomic E-state index is -0.801. The largest absolute Gasteiger partial charge is 0.483 e. The first-order chi connectivity index (χ1) is 18.2. The van der Waals surface area contributed by atoms with Crippen LogP contribution in [0.4, 0.5) is 4.39 Å². The van der Waals surface area contributed by atoms with E-state index in [-0.39, 0.29) is 30.8 Å². The molecular weight excluding hydrogens is 479 g/mol. The van der Waals surface area contributed by atoms with Crippen molar-refractivity contribution in [3.8, 4) is 5.75 Å². The summed E-state index contributed by atoms with van der Waals surface area (Å²) in [7, 11) is 0. The van der Waals surface area contributed by atoms with E-state index in [9.17, 15) is 14.0 Å². The topological polar surface area (TPSA) is 58.6 Å². The van der Waals surface area contributed by atoms with Gasteiger partial charge in [-0.05, 0) is 55.5 Å². The fourth-order valence-electron chi connectivity index (χ4n) is 4.34. The molecule has 0 spiro atoms. The van der Waals surface area contributed by atoms with Gasteiger partial charge in [-0.1, -0.05) is 78.9 Å². The molecule has 0 bridgehead atoms. The van der Waals surface area contributed by atoms with E-state index in [1.54, 1.807) is 12.1 Å². The van der Waals surface area contributed by atoms with Crippen LogP contribution in [0.15, 0.2) is 97.1 Å². The molecule has 4 aromatic rings. The minimum absolute atomic E-state index is 0.132. The number of benzene rings is 4. The van der Waals surface area contributed by atoms with Crippen molar-refractivity contribution < 1.29 is 18.7 Å². The zero-order valence-electron chi connectivity index (χ0n) is 22.0. The summed E-state index contributed by atoms with van der Waals surface area (Å²) in [5.41, 5.74) is 1.15. The Labute approximate surface area is 223 Å². The van der Waals surface area contributed by atoms with Crippen molar-refractivity contribution in [3.05, 3.63) is 114 Å². The maximum absolute atomic E-state index is 13.8. The van der Waals surface area contributed by atoms with Gasteiger partial charge >= 0.3 is 0 Å². The second-order valence-electron chi connectivity index (χ2n) is 10.4. The minimum Gasteiger partial charge on any atom is -0.483 e. The number of halogens is 1. The van der Waals surface area contributed by atoms with Crippen LogP contribution in [-0.2, 0) is 22.6 Å². The maximum Gasteiger partial charge on any atom is 0.261 e. The zero-order valence-corrected chi connectivity index (χ0v) is 22.0. The molecule has 2 amide bonds. The van der Waals surface area contributed by atoms with Crippen molar-refractivity contribution in [1.29, 1.82) is 0 Å². The fourth-order valence-corrected chi connectivity index (χ4v) is 4.34. The molecule has 0 saturated heterocycles. The Morgan fingerprint density at radius 2 is 1.50 bits per heavy atom. The predicted molar refractivity (Wildman–Crippen MR) is 148 cm³/mol. The first kappa shape index (κ1) is 26.9. The van der Waals surface area contributed by atoms with Crippen molar-refractivity contribution in [1.82, 2.24) is 10.2 Å². The molecule has 196 valence electrons. The van der Waals surface area contributed by atoms with Crippen LogP contribution in [0.25, 0.3) is 10.8 Å². The van der Waals surface area contributed by atoms with E-state index in [0.717, 1.165) is 16.3 Å². The normalized spacial score (nSPS) is 12.1. The monoisotopic (exact) mass is 512 g/mol. The number of nitrogens with one attached hydrogen (secondary N) is 1. The number of carbonyl (C=O) groups is 2. The molecule has 1 N–H and O–H groups in total. The quantitative estimate of drug-likeness (QED) is 0.303. The van der Waals surface area contributed by atoms with Crippen LogP contribution < -0.4 is 10.1 Å². The Morgan fingerprint density at radius 3 is 2.21 bits per heavy atom. The lowest BCUT2D eigenvalue weighted by molar-refractivity contribution is -0.143. The summed E-state index contributed by atoms with van der Waals surface area (Å²) in [5.74, 6) is -0.372. The summed E-state index contributed by atoms with van der Waals surface area (Å²) in [6, 6.07) is 28.2. The summed E-state index contributed by atoms with van der Waals surface area (Å²) in [6.07, 6.45) is 0.323. The predicted octanol–water partition coefficient (Wildman–Crippen LogP) is 5.91. The van der Waals surface area contributed by atoms with Crippen LogP contribution in [-0.4, -0.2) is 34.9 Å². The van der Waals surface area contributed by atoms with Crippen LogP contribution in [0.1, 0.15) is 31.9 Å². The van der Waals surface area contributed by atoms with E-state index in [2.05, 4.69) is 5.32 Å². The van der Waals surface area contributed by atoms with Crippen molar-refractivity contribution >= 4 is 22.6 Å². The molecule has 1 atom stereocenters. The van der Waals surface area contributed by atoms with Crippen molar-refractivity contribution in [2.45, 2.75) is 45.3 Å². The SMILES string of the molecule is CC(C)(C)NC(=O)C(Cc1ccccc1)N(Cc1ccc(F)cc1)C(=O)COc1cccc2ccccc12. The molecule has 1 unspecified atom stereocenters. The lowest BCUT2D eigenvalue weighted by Crippen LogP contribution is -2.55. The third-order valence-electron chi connectivity index (χ3n) is 6.14. The van der Waals surface area contributed by atoms with Gasteiger partial charge in [0, 0.05) is 23.9 Å². The van der Waals surface area contributed by atoms with Crippen LogP contribution in [0.5, 0.6) is 5.75 Å². The zero-order chi connectivity index (χ0) is 27.1. The highest BCUT2D eigenvalue weighted by atomic mass is 19.1. The lowest BCUT2D eigenvalue weighted by atomic mass is 10.0. The molecule has 0 aliphatic rings. The Morgan fingerprint density at radius 1 is 0.842 bits per heavy atom. The van der Waals surface area contributed by atoms with Gasteiger partial charge in [-0.2, -0.15) is 0 Å². The third kappa shape index (κ3) is 7.19. The number of hydrogen-bond donors (Lipinski definition) is 1. The molecule has 6 heteroatoms. The number of hydrogen-bond acceptors (Lipinski definition) is 3. The Hall–Kier alpha value is -4.19. The summed E-state index contributed by atoms with van der Waals surface area (Å²) in [4.78, 5) is 28.9. The van der Waals surface area contributed by atoms with E-state index in [0.29, 0.717) is 17.7 Å². The summed E-state index contributed by atoms with van der Waals surface area (Å²) < 4.78 is 19.6. The Balaban J connectivity index is 1.65.